The first-order valence-corrected chi connectivity index (χ1v) is 6.05. The van der Waals surface area contributed by atoms with E-state index in [0.717, 1.165) is 22.8 Å². The van der Waals surface area contributed by atoms with E-state index in [-0.39, 0.29) is 0 Å². The summed E-state index contributed by atoms with van der Waals surface area (Å²) in [6.07, 6.45) is 0. The van der Waals surface area contributed by atoms with Crippen LogP contribution in [0.3, 0.4) is 0 Å². The molecular weight excluding hydrogens is 250 g/mol. The summed E-state index contributed by atoms with van der Waals surface area (Å²) in [5.41, 5.74) is 3.77. The van der Waals surface area contributed by atoms with Gasteiger partial charge < -0.3 is 10.1 Å². The molecule has 0 spiro atoms. The Morgan fingerprint density at radius 2 is 2.17 bits per heavy atom. The molecular formula is C13H16ClN3O. The van der Waals surface area contributed by atoms with Gasteiger partial charge in [-0.15, -0.1) is 0 Å². The molecule has 0 fully saturated rings. The SMILES string of the molecule is CNc1ccc(-n2nc(COC)cc2C)c(Cl)c1. The molecule has 96 valence electrons. The molecule has 0 atom stereocenters. The van der Waals surface area contributed by atoms with Crippen LogP contribution in [0.5, 0.6) is 0 Å². The Kier molecular flexibility index (Phi) is 3.89. The van der Waals surface area contributed by atoms with E-state index in [1.165, 1.54) is 0 Å². The van der Waals surface area contributed by atoms with Crippen molar-refractivity contribution in [1.29, 1.82) is 0 Å². The zero-order valence-corrected chi connectivity index (χ0v) is 11.5. The predicted octanol–water partition coefficient (Wildman–Crippen LogP) is 3.02. The van der Waals surface area contributed by atoms with Crippen molar-refractivity contribution in [3.05, 3.63) is 40.7 Å². The Hall–Kier alpha value is -1.52. The molecule has 0 aliphatic carbocycles. The van der Waals surface area contributed by atoms with Gasteiger partial charge in [-0.1, -0.05) is 11.6 Å². The van der Waals surface area contributed by atoms with Gasteiger partial charge in [0.15, 0.2) is 0 Å². The topological polar surface area (TPSA) is 39.1 Å². The first-order chi connectivity index (χ1) is 8.65. The zero-order chi connectivity index (χ0) is 13.1. The molecule has 0 bridgehead atoms. The Morgan fingerprint density at radius 1 is 1.39 bits per heavy atom. The molecule has 18 heavy (non-hydrogen) atoms. The second-order valence-corrected chi connectivity index (χ2v) is 4.45. The number of hydrogen-bond acceptors (Lipinski definition) is 3. The summed E-state index contributed by atoms with van der Waals surface area (Å²) in [4.78, 5) is 0. The fraction of sp³-hybridized carbons (Fsp3) is 0.308. The molecule has 5 heteroatoms. The number of aryl methyl sites for hydroxylation is 1. The minimum Gasteiger partial charge on any atom is -0.388 e. The van der Waals surface area contributed by atoms with Crippen molar-refractivity contribution in [2.24, 2.45) is 0 Å². The molecule has 0 radical (unpaired) electrons. The lowest BCUT2D eigenvalue weighted by atomic mass is 10.2. The van der Waals surface area contributed by atoms with Crippen molar-refractivity contribution in [3.63, 3.8) is 0 Å². The molecule has 0 aliphatic rings. The van der Waals surface area contributed by atoms with Crippen LogP contribution in [-0.4, -0.2) is 23.9 Å². The van der Waals surface area contributed by atoms with E-state index in [0.29, 0.717) is 11.6 Å². The third-order valence-electron chi connectivity index (χ3n) is 2.69. The summed E-state index contributed by atoms with van der Waals surface area (Å²) in [5, 5.41) is 8.19. The number of hydrogen-bond donors (Lipinski definition) is 1. The van der Waals surface area contributed by atoms with Gasteiger partial charge in [0.2, 0.25) is 0 Å². The molecule has 1 heterocycles. The third-order valence-corrected chi connectivity index (χ3v) is 3.00. The molecule has 0 amide bonds. The van der Waals surface area contributed by atoms with Crippen molar-refractivity contribution >= 4 is 17.3 Å². The fourth-order valence-corrected chi connectivity index (χ4v) is 2.10. The van der Waals surface area contributed by atoms with Gasteiger partial charge in [-0.3, -0.25) is 0 Å². The number of nitrogens with zero attached hydrogens (tertiary/aromatic N) is 2. The van der Waals surface area contributed by atoms with Gasteiger partial charge in [-0.25, -0.2) is 4.68 Å². The van der Waals surface area contributed by atoms with Crippen LogP contribution in [0.2, 0.25) is 5.02 Å². The average Bonchev–Trinajstić information content (AvgIpc) is 2.70. The number of aromatic nitrogens is 2. The Morgan fingerprint density at radius 3 is 2.78 bits per heavy atom. The summed E-state index contributed by atoms with van der Waals surface area (Å²) < 4.78 is 6.91. The van der Waals surface area contributed by atoms with Crippen LogP contribution in [-0.2, 0) is 11.3 Å². The smallest absolute Gasteiger partial charge is 0.0902 e. The van der Waals surface area contributed by atoms with E-state index < -0.39 is 0 Å². The number of methoxy groups -OCH3 is 1. The first kappa shape index (κ1) is 12.9. The number of rotatable bonds is 4. The third kappa shape index (κ3) is 2.49. The average molecular weight is 266 g/mol. The van der Waals surface area contributed by atoms with E-state index in [1.807, 2.05) is 42.9 Å². The quantitative estimate of drug-likeness (QED) is 0.924. The van der Waals surface area contributed by atoms with Crippen molar-refractivity contribution < 1.29 is 4.74 Å². The van der Waals surface area contributed by atoms with E-state index >= 15 is 0 Å². The van der Waals surface area contributed by atoms with Crippen molar-refractivity contribution in [2.75, 3.05) is 19.5 Å². The maximum atomic E-state index is 6.27. The van der Waals surface area contributed by atoms with Gasteiger partial charge >= 0.3 is 0 Å². The second kappa shape index (κ2) is 5.42. The standard InChI is InChI=1S/C13H16ClN3O/c1-9-6-11(8-18-3)16-17(9)13-5-4-10(15-2)7-12(13)14/h4-7,15H,8H2,1-3H3. The van der Waals surface area contributed by atoms with Crippen molar-refractivity contribution in [2.45, 2.75) is 13.5 Å². The minimum absolute atomic E-state index is 0.500. The molecule has 4 nitrogen and oxygen atoms in total. The van der Waals surface area contributed by atoms with Gasteiger partial charge in [0.1, 0.15) is 0 Å². The van der Waals surface area contributed by atoms with Crippen LogP contribution in [0.15, 0.2) is 24.3 Å². The number of benzene rings is 1. The largest absolute Gasteiger partial charge is 0.388 e. The lowest BCUT2D eigenvalue weighted by Gasteiger charge is -2.08. The molecule has 1 aromatic carbocycles. The van der Waals surface area contributed by atoms with Crippen LogP contribution in [0, 0.1) is 6.92 Å². The summed E-state index contributed by atoms with van der Waals surface area (Å²) in [6, 6.07) is 7.79. The Bertz CT molecular complexity index is 551. The van der Waals surface area contributed by atoms with Crippen molar-refractivity contribution in [1.82, 2.24) is 9.78 Å². The first-order valence-electron chi connectivity index (χ1n) is 5.68. The Balaban J connectivity index is 2.41. The molecule has 2 aromatic rings. The zero-order valence-electron chi connectivity index (χ0n) is 10.7. The maximum absolute atomic E-state index is 6.27. The summed E-state index contributed by atoms with van der Waals surface area (Å²) >= 11 is 6.27. The lowest BCUT2D eigenvalue weighted by molar-refractivity contribution is 0.181. The highest BCUT2D eigenvalue weighted by molar-refractivity contribution is 6.32. The van der Waals surface area contributed by atoms with Crippen LogP contribution in [0.4, 0.5) is 5.69 Å². The molecule has 0 unspecified atom stereocenters. The minimum atomic E-state index is 0.500. The highest BCUT2D eigenvalue weighted by Crippen LogP contribution is 2.25. The van der Waals surface area contributed by atoms with E-state index in [1.54, 1.807) is 7.11 Å². The van der Waals surface area contributed by atoms with Gasteiger partial charge in [-0.2, -0.15) is 5.10 Å². The van der Waals surface area contributed by atoms with Crippen LogP contribution >= 0.6 is 11.6 Å². The highest BCUT2D eigenvalue weighted by atomic mass is 35.5. The number of ether oxygens (including phenoxy) is 1. The van der Waals surface area contributed by atoms with Gasteiger partial charge in [0, 0.05) is 25.5 Å². The van der Waals surface area contributed by atoms with Gasteiger partial charge in [0.25, 0.3) is 0 Å². The summed E-state index contributed by atoms with van der Waals surface area (Å²) in [5.74, 6) is 0. The molecule has 0 saturated heterocycles. The monoisotopic (exact) mass is 265 g/mol. The van der Waals surface area contributed by atoms with Crippen LogP contribution in [0.25, 0.3) is 5.69 Å². The molecule has 1 aromatic heterocycles. The van der Waals surface area contributed by atoms with Crippen molar-refractivity contribution in [3.8, 4) is 5.69 Å². The van der Waals surface area contributed by atoms with E-state index in [2.05, 4.69) is 10.4 Å². The molecule has 0 saturated carbocycles. The maximum Gasteiger partial charge on any atom is 0.0902 e. The molecule has 2 rings (SSSR count). The van der Waals surface area contributed by atoms with Crippen LogP contribution < -0.4 is 5.32 Å². The van der Waals surface area contributed by atoms with Crippen LogP contribution in [0.1, 0.15) is 11.4 Å². The highest BCUT2D eigenvalue weighted by Gasteiger charge is 2.09. The predicted molar refractivity (Wildman–Crippen MR) is 73.6 cm³/mol. The number of nitrogens with one attached hydrogen (secondary N) is 1. The normalized spacial score (nSPS) is 10.7. The van der Waals surface area contributed by atoms with Gasteiger partial charge in [-0.05, 0) is 31.2 Å². The fourth-order valence-electron chi connectivity index (χ4n) is 1.83. The Labute approximate surface area is 112 Å². The number of halogens is 1. The lowest BCUT2D eigenvalue weighted by Crippen LogP contribution is -2.01. The number of anilines is 1. The summed E-state index contributed by atoms with van der Waals surface area (Å²) in [7, 11) is 3.52. The second-order valence-electron chi connectivity index (χ2n) is 4.04. The summed E-state index contributed by atoms with van der Waals surface area (Å²) in [6.45, 7) is 2.49. The molecule has 0 aliphatic heterocycles. The van der Waals surface area contributed by atoms with E-state index in [4.69, 9.17) is 16.3 Å². The van der Waals surface area contributed by atoms with Gasteiger partial charge in [0.05, 0.1) is 23.0 Å². The van der Waals surface area contributed by atoms with E-state index in [9.17, 15) is 0 Å². The molecule has 1 N–H and O–H groups in total.